The van der Waals surface area contributed by atoms with Gasteiger partial charge in [0, 0.05) is 0 Å². The van der Waals surface area contributed by atoms with E-state index in [1.807, 2.05) is 36.4 Å². The van der Waals surface area contributed by atoms with Gasteiger partial charge in [0.15, 0.2) is 11.5 Å². The Morgan fingerprint density at radius 2 is 1.81 bits per heavy atom. The van der Waals surface area contributed by atoms with Crippen LogP contribution in [0.25, 0.3) is 6.08 Å². The Hall–Kier alpha value is -2.77. The molecule has 0 saturated carbocycles. The molecule has 0 atom stereocenters. The van der Waals surface area contributed by atoms with Gasteiger partial charge in [-0.25, -0.2) is 4.79 Å². The molecule has 8 heteroatoms. The minimum Gasteiger partial charge on any atom is -0.493 e. The molecule has 0 aliphatic carbocycles. The molecular weight excluding hydrogens is 513 g/mol. The van der Waals surface area contributed by atoms with Crippen molar-refractivity contribution in [1.29, 1.82) is 5.26 Å². The minimum absolute atomic E-state index is 0.0838. The molecule has 31 heavy (non-hydrogen) atoms. The number of nitrogens with zero attached hydrogens (tertiary/aromatic N) is 1. The summed E-state index contributed by atoms with van der Waals surface area (Å²) < 4.78 is 28.0. The van der Waals surface area contributed by atoms with Gasteiger partial charge in [0.05, 0.1) is 30.5 Å². The fraction of sp³-hybridized carbons (Fsp3) is 0.304. The fourth-order valence-corrected chi connectivity index (χ4v) is 3.30. The highest BCUT2D eigenvalue weighted by Gasteiger charge is 2.14. The van der Waals surface area contributed by atoms with Crippen molar-refractivity contribution in [1.82, 2.24) is 0 Å². The average Bonchev–Trinajstić information content (AvgIpc) is 2.78. The Labute approximate surface area is 195 Å². The third kappa shape index (κ3) is 8.11. The van der Waals surface area contributed by atoms with E-state index in [1.54, 1.807) is 19.1 Å². The zero-order valence-electron chi connectivity index (χ0n) is 17.4. The highest BCUT2D eigenvalue weighted by molar-refractivity contribution is 14.1. The van der Waals surface area contributed by atoms with Gasteiger partial charge in [-0.05, 0) is 65.4 Å². The molecule has 2 aromatic carbocycles. The van der Waals surface area contributed by atoms with E-state index in [0.717, 1.165) is 9.32 Å². The summed E-state index contributed by atoms with van der Waals surface area (Å²) >= 11 is 2.11. The summed E-state index contributed by atoms with van der Waals surface area (Å²) in [5, 5.41) is 9.20. The van der Waals surface area contributed by atoms with Crippen molar-refractivity contribution < 1.29 is 28.5 Å². The maximum Gasteiger partial charge on any atom is 0.348 e. The van der Waals surface area contributed by atoms with Crippen molar-refractivity contribution in [3.8, 4) is 23.3 Å². The number of carbonyl (C=O) groups is 1. The predicted molar refractivity (Wildman–Crippen MR) is 124 cm³/mol. The molecule has 0 aliphatic heterocycles. The first-order valence-corrected chi connectivity index (χ1v) is 10.7. The fourth-order valence-electron chi connectivity index (χ4n) is 2.52. The maximum atomic E-state index is 11.8. The number of para-hydroxylation sites is 1. The molecule has 2 aromatic rings. The third-order valence-electron chi connectivity index (χ3n) is 3.89. The molecule has 7 nitrogen and oxygen atoms in total. The Morgan fingerprint density at radius 3 is 2.45 bits per heavy atom. The van der Waals surface area contributed by atoms with Crippen LogP contribution in [-0.4, -0.2) is 46.1 Å². The van der Waals surface area contributed by atoms with Crippen LogP contribution in [-0.2, 0) is 14.3 Å². The Bertz CT molecular complexity index is 924. The van der Waals surface area contributed by atoms with Gasteiger partial charge in [-0.2, -0.15) is 5.26 Å². The normalized spacial score (nSPS) is 10.8. The number of nitriles is 1. The van der Waals surface area contributed by atoms with E-state index >= 15 is 0 Å². The molecule has 2 rings (SSSR count). The number of esters is 1. The summed E-state index contributed by atoms with van der Waals surface area (Å²) in [7, 11) is 1.53. The van der Waals surface area contributed by atoms with Gasteiger partial charge in [-0.3, -0.25) is 0 Å². The zero-order valence-corrected chi connectivity index (χ0v) is 19.6. The lowest BCUT2D eigenvalue weighted by atomic mass is 10.1. The van der Waals surface area contributed by atoms with Gasteiger partial charge in [0.2, 0.25) is 0 Å². The summed E-state index contributed by atoms with van der Waals surface area (Å²) in [6.45, 7) is 3.51. The number of ether oxygens (including phenoxy) is 5. The van der Waals surface area contributed by atoms with E-state index in [2.05, 4.69) is 22.6 Å². The first-order valence-electron chi connectivity index (χ1n) is 9.63. The smallest absolute Gasteiger partial charge is 0.348 e. The summed E-state index contributed by atoms with van der Waals surface area (Å²) in [5.41, 5.74) is 0.548. The van der Waals surface area contributed by atoms with Crippen LogP contribution >= 0.6 is 22.6 Å². The monoisotopic (exact) mass is 537 g/mol. The van der Waals surface area contributed by atoms with E-state index in [0.29, 0.717) is 43.5 Å². The van der Waals surface area contributed by atoms with Crippen LogP contribution in [0.5, 0.6) is 17.2 Å². The van der Waals surface area contributed by atoms with Crippen LogP contribution in [0.15, 0.2) is 48.0 Å². The van der Waals surface area contributed by atoms with E-state index in [4.69, 9.17) is 23.7 Å². The topological polar surface area (TPSA) is 87.0 Å². The molecule has 0 amide bonds. The van der Waals surface area contributed by atoms with Crippen LogP contribution in [0.1, 0.15) is 12.5 Å². The lowest BCUT2D eigenvalue weighted by Crippen LogP contribution is -2.12. The number of benzene rings is 2. The van der Waals surface area contributed by atoms with Gasteiger partial charge < -0.3 is 23.7 Å². The molecule has 0 fully saturated rings. The predicted octanol–water partition coefficient (Wildman–Crippen LogP) is 4.24. The van der Waals surface area contributed by atoms with E-state index in [-0.39, 0.29) is 12.2 Å². The van der Waals surface area contributed by atoms with Crippen LogP contribution in [0.4, 0.5) is 0 Å². The van der Waals surface area contributed by atoms with Crippen molar-refractivity contribution in [2.45, 2.75) is 6.92 Å². The number of hydrogen-bond donors (Lipinski definition) is 0. The van der Waals surface area contributed by atoms with Crippen LogP contribution < -0.4 is 14.2 Å². The van der Waals surface area contributed by atoms with Crippen LogP contribution in [0.3, 0.4) is 0 Å². The van der Waals surface area contributed by atoms with E-state index < -0.39 is 5.97 Å². The molecule has 0 radical (unpaired) electrons. The molecule has 0 aromatic heterocycles. The van der Waals surface area contributed by atoms with Crippen LogP contribution in [0.2, 0.25) is 0 Å². The second kappa shape index (κ2) is 13.5. The SMILES string of the molecule is CCOC(=O)/C(C#N)=C/c1cc(I)c(OCCOCCOc2ccccc2)c(OC)c1. The second-order valence-corrected chi connectivity index (χ2v) is 7.21. The van der Waals surface area contributed by atoms with Crippen molar-refractivity contribution in [3.05, 3.63) is 57.2 Å². The molecule has 0 heterocycles. The maximum absolute atomic E-state index is 11.8. The average molecular weight is 537 g/mol. The molecule has 0 saturated heterocycles. The van der Waals surface area contributed by atoms with Crippen molar-refractivity contribution in [3.63, 3.8) is 0 Å². The molecular formula is C23H24INO6. The van der Waals surface area contributed by atoms with Gasteiger partial charge in [-0.15, -0.1) is 0 Å². The van der Waals surface area contributed by atoms with Gasteiger partial charge in [-0.1, -0.05) is 18.2 Å². The number of carbonyl (C=O) groups excluding carboxylic acids is 1. The summed E-state index contributed by atoms with van der Waals surface area (Å²) in [5.74, 6) is 1.21. The molecule has 0 spiro atoms. The number of hydrogen-bond acceptors (Lipinski definition) is 7. The number of rotatable bonds is 12. The summed E-state index contributed by atoms with van der Waals surface area (Å²) in [6.07, 6.45) is 1.46. The van der Waals surface area contributed by atoms with E-state index in [9.17, 15) is 10.1 Å². The lowest BCUT2D eigenvalue weighted by molar-refractivity contribution is -0.137. The quantitative estimate of drug-likeness (QED) is 0.132. The Kier molecular flexibility index (Phi) is 10.7. The van der Waals surface area contributed by atoms with Gasteiger partial charge in [0.1, 0.15) is 30.6 Å². The highest BCUT2D eigenvalue weighted by atomic mass is 127. The Morgan fingerprint density at radius 1 is 1.10 bits per heavy atom. The largest absolute Gasteiger partial charge is 0.493 e. The van der Waals surface area contributed by atoms with Gasteiger partial charge in [0.25, 0.3) is 0 Å². The highest BCUT2D eigenvalue weighted by Crippen LogP contribution is 2.34. The molecule has 0 aliphatic rings. The number of halogens is 1. The number of methoxy groups -OCH3 is 1. The van der Waals surface area contributed by atoms with Crippen molar-refractivity contribution in [2.24, 2.45) is 0 Å². The van der Waals surface area contributed by atoms with Crippen molar-refractivity contribution in [2.75, 3.05) is 40.1 Å². The molecule has 0 unspecified atom stereocenters. The van der Waals surface area contributed by atoms with Gasteiger partial charge >= 0.3 is 5.97 Å². The standard InChI is InChI=1S/C23H24INO6/c1-3-29-23(26)18(16-25)13-17-14-20(24)22(21(15-17)27-2)31-12-10-28-9-11-30-19-7-5-4-6-8-19/h4-8,13-15H,3,9-12H2,1-2H3/b18-13+. The van der Waals surface area contributed by atoms with E-state index in [1.165, 1.54) is 13.2 Å². The summed E-state index contributed by atoms with van der Waals surface area (Å²) in [4.78, 5) is 11.8. The second-order valence-electron chi connectivity index (χ2n) is 6.05. The first-order chi connectivity index (χ1) is 15.1. The van der Waals surface area contributed by atoms with Crippen molar-refractivity contribution >= 4 is 34.6 Å². The molecule has 164 valence electrons. The third-order valence-corrected chi connectivity index (χ3v) is 4.69. The summed E-state index contributed by atoms with van der Waals surface area (Å²) in [6, 6.07) is 14.9. The Balaban J connectivity index is 1.88. The zero-order chi connectivity index (χ0) is 22.5. The lowest BCUT2D eigenvalue weighted by Gasteiger charge is -2.14. The molecule has 0 N–H and O–H groups in total. The van der Waals surface area contributed by atoms with Crippen LogP contribution in [0, 0.1) is 14.9 Å². The molecule has 0 bridgehead atoms. The first kappa shape index (κ1) is 24.5. The minimum atomic E-state index is -0.660.